The van der Waals surface area contributed by atoms with Crippen molar-refractivity contribution in [1.29, 1.82) is 0 Å². The van der Waals surface area contributed by atoms with Crippen molar-refractivity contribution in [3.8, 4) is 0 Å². The fourth-order valence-corrected chi connectivity index (χ4v) is 1.89. The molecule has 1 aliphatic rings. The molecule has 0 saturated heterocycles. The fraction of sp³-hybridized carbons (Fsp3) is 0.800. The van der Waals surface area contributed by atoms with E-state index in [9.17, 15) is 4.79 Å². The monoisotopic (exact) mass is 270 g/mol. The standard InChI is InChI=1S/C13H24N2O2.C2H6/c1-14-10-7-11-15-13(16)17-12-8-5-3-2-4-6-9-12;1-2/h2-3,12,14H,4-11H2,1H3,(H,15,16);1-2H3/b3-2+;. The van der Waals surface area contributed by atoms with E-state index < -0.39 is 0 Å². The first-order valence-electron chi connectivity index (χ1n) is 7.57. The fourth-order valence-electron chi connectivity index (χ4n) is 1.89. The minimum absolute atomic E-state index is 0.0873. The number of nitrogens with one attached hydrogen (secondary N) is 2. The second-order valence-corrected chi connectivity index (χ2v) is 4.39. The lowest BCUT2D eigenvalue weighted by Gasteiger charge is -2.18. The summed E-state index contributed by atoms with van der Waals surface area (Å²) in [4.78, 5) is 11.5. The first-order valence-corrected chi connectivity index (χ1v) is 7.57. The molecule has 1 atom stereocenters. The molecule has 1 rings (SSSR count). The zero-order chi connectivity index (χ0) is 14.3. The summed E-state index contributed by atoms with van der Waals surface area (Å²) in [5.41, 5.74) is 0. The van der Waals surface area contributed by atoms with E-state index >= 15 is 0 Å². The Morgan fingerprint density at radius 1 is 1.21 bits per heavy atom. The van der Waals surface area contributed by atoms with Crippen molar-refractivity contribution < 1.29 is 9.53 Å². The molecule has 0 aromatic rings. The van der Waals surface area contributed by atoms with Crippen LogP contribution in [0.2, 0.25) is 0 Å². The van der Waals surface area contributed by atoms with Crippen LogP contribution in [0.3, 0.4) is 0 Å². The van der Waals surface area contributed by atoms with Gasteiger partial charge in [0, 0.05) is 6.54 Å². The maximum Gasteiger partial charge on any atom is 0.407 e. The summed E-state index contributed by atoms with van der Waals surface area (Å²) in [6.07, 6.45) is 10.3. The molecule has 112 valence electrons. The number of amides is 1. The van der Waals surface area contributed by atoms with Gasteiger partial charge in [-0.2, -0.15) is 0 Å². The first kappa shape index (κ1) is 18.0. The predicted octanol–water partition coefficient (Wildman–Crippen LogP) is 3.24. The number of ether oxygens (including phenoxy) is 1. The van der Waals surface area contributed by atoms with Gasteiger partial charge < -0.3 is 15.4 Å². The molecule has 2 N–H and O–H groups in total. The van der Waals surface area contributed by atoms with E-state index in [1.165, 1.54) is 0 Å². The molecule has 0 fully saturated rings. The minimum Gasteiger partial charge on any atom is -0.446 e. The van der Waals surface area contributed by atoms with Gasteiger partial charge in [0.1, 0.15) is 6.10 Å². The lowest BCUT2D eigenvalue weighted by atomic mass is 10.0. The second-order valence-electron chi connectivity index (χ2n) is 4.39. The number of rotatable bonds is 5. The van der Waals surface area contributed by atoms with Gasteiger partial charge in [-0.25, -0.2) is 4.79 Å². The van der Waals surface area contributed by atoms with Crippen LogP contribution in [0.4, 0.5) is 4.79 Å². The molecule has 0 aliphatic heterocycles. The Bertz CT molecular complexity index is 242. The van der Waals surface area contributed by atoms with Gasteiger partial charge in [-0.1, -0.05) is 26.0 Å². The van der Waals surface area contributed by atoms with Crippen molar-refractivity contribution >= 4 is 6.09 Å². The molecule has 1 amide bonds. The summed E-state index contributed by atoms with van der Waals surface area (Å²) < 4.78 is 5.40. The third-order valence-corrected chi connectivity index (χ3v) is 2.87. The quantitative estimate of drug-likeness (QED) is 0.595. The van der Waals surface area contributed by atoms with Crippen LogP contribution in [0.15, 0.2) is 12.2 Å². The molecule has 4 nitrogen and oxygen atoms in total. The molecular weight excluding hydrogens is 240 g/mol. The summed E-state index contributed by atoms with van der Waals surface area (Å²) in [5, 5.41) is 5.82. The van der Waals surface area contributed by atoms with E-state index in [1.807, 2.05) is 20.9 Å². The molecule has 0 heterocycles. The predicted molar refractivity (Wildman–Crippen MR) is 80.4 cm³/mol. The number of alkyl carbamates (subject to hydrolysis) is 1. The minimum atomic E-state index is -0.268. The van der Waals surface area contributed by atoms with Gasteiger partial charge in [0.15, 0.2) is 0 Å². The second kappa shape index (κ2) is 13.4. The van der Waals surface area contributed by atoms with Crippen molar-refractivity contribution in [3.63, 3.8) is 0 Å². The average molecular weight is 270 g/mol. The Labute approximate surface area is 118 Å². The molecule has 1 unspecified atom stereocenters. The maximum atomic E-state index is 11.5. The number of hydrogen-bond acceptors (Lipinski definition) is 3. The van der Waals surface area contributed by atoms with Crippen molar-refractivity contribution in [3.05, 3.63) is 12.2 Å². The Balaban J connectivity index is 0.00000154. The number of hydrogen-bond donors (Lipinski definition) is 2. The van der Waals surface area contributed by atoms with Gasteiger partial charge in [0.05, 0.1) is 0 Å². The van der Waals surface area contributed by atoms with Crippen LogP contribution in [0.5, 0.6) is 0 Å². The molecular formula is C15H30N2O2. The summed E-state index contributed by atoms with van der Waals surface area (Å²) in [5.74, 6) is 0. The Hall–Kier alpha value is -1.03. The highest BCUT2D eigenvalue weighted by molar-refractivity contribution is 5.67. The zero-order valence-corrected chi connectivity index (χ0v) is 12.7. The summed E-state index contributed by atoms with van der Waals surface area (Å²) in [6.45, 7) is 5.58. The van der Waals surface area contributed by atoms with Crippen LogP contribution in [0.25, 0.3) is 0 Å². The largest absolute Gasteiger partial charge is 0.446 e. The lowest BCUT2D eigenvalue weighted by molar-refractivity contribution is 0.0864. The third kappa shape index (κ3) is 10.6. The molecule has 0 bridgehead atoms. The molecule has 0 aromatic heterocycles. The molecule has 0 saturated carbocycles. The van der Waals surface area contributed by atoms with E-state index in [2.05, 4.69) is 22.8 Å². The molecule has 4 heteroatoms. The van der Waals surface area contributed by atoms with Crippen LogP contribution in [0, 0.1) is 0 Å². The molecule has 0 aromatic carbocycles. The van der Waals surface area contributed by atoms with Crippen LogP contribution in [-0.2, 0) is 4.74 Å². The van der Waals surface area contributed by atoms with Crippen LogP contribution < -0.4 is 10.6 Å². The molecule has 1 aliphatic carbocycles. The molecule has 0 spiro atoms. The van der Waals surface area contributed by atoms with Crippen LogP contribution >= 0.6 is 0 Å². The van der Waals surface area contributed by atoms with Gasteiger partial charge in [-0.3, -0.25) is 0 Å². The SMILES string of the molecule is CC.CNCCCNC(=O)OC1CC/C=C/CCC1. The van der Waals surface area contributed by atoms with Crippen LogP contribution in [0.1, 0.15) is 52.4 Å². The van der Waals surface area contributed by atoms with E-state index in [1.54, 1.807) is 0 Å². The van der Waals surface area contributed by atoms with Gasteiger partial charge in [0.2, 0.25) is 0 Å². The van der Waals surface area contributed by atoms with E-state index in [0.717, 1.165) is 45.1 Å². The zero-order valence-electron chi connectivity index (χ0n) is 12.7. The van der Waals surface area contributed by atoms with Gasteiger partial charge in [0.25, 0.3) is 0 Å². The highest BCUT2D eigenvalue weighted by atomic mass is 16.6. The number of carbonyl (C=O) groups excluding carboxylic acids is 1. The molecule has 19 heavy (non-hydrogen) atoms. The Morgan fingerprint density at radius 3 is 2.68 bits per heavy atom. The Morgan fingerprint density at radius 2 is 1.95 bits per heavy atom. The number of carbonyl (C=O) groups is 1. The third-order valence-electron chi connectivity index (χ3n) is 2.87. The first-order chi connectivity index (χ1) is 9.33. The maximum absolute atomic E-state index is 11.5. The summed E-state index contributed by atoms with van der Waals surface area (Å²) in [6, 6.07) is 0. The average Bonchev–Trinajstić information content (AvgIpc) is 2.40. The highest BCUT2D eigenvalue weighted by Gasteiger charge is 2.13. The van der Waals surface area contributed by atoms with Crippen molar-refractivity contribution in [2.75, 3.05) is 20.1 Å². The van der Waals surface area contributed by atoms with Gasteiger partial charge in [-0.15, -0.1) is 0 Å². The van der Waals surface area contributed by atoms with Crippen molar-refractivity contribution in [1.82, 2.24) is 10.6 Å². The van der Waals surface area contributed by atoms with Gasteiger partial charge in [-0.05, 0) is 52.1 Å². The van der Waals surface area contributed by atoms with E-state index in [4.69, 9.17) is 4.74 Å². The van der Waals surface area contributed by atoms with Gasteiger partial charge >= 0.3 is 6.09 Å². The topological polar surface area (TPSA) is 50.4 Å². The van der Waals surface area contributed by atoms with Crippen LogP contribution in [-0.4, -0.2) is 32.3 Å². The van der Waals surface area contributed by atoms with E-state index in [-0.39, 0.29) is 12.2 Å². The summed E-state index contributed by atoms with van der Waals surface area (Å²) >= 11 is 0. The summed E-state index contributed by atoms with van der Waals surface area (Å²) in [7, 11) is 1.90. The van der Waals surface area contributed by atoms with Crippen molar-refractivity contribution in [2.45, 2.75) is 58.5 Å². The Kier molecular flexibility index (Phi) is 12.7. The molecule has 0 radical (unpaired) electrons. The van der Waals surface area contributed by atoms with Crippen molar-refractivity contribution in [2.24, 2.45) is 0 Å². The highest BCUT2D eigenvalue weighted by Crippen LogP contribution is 2.15. The van der Waals surface area contributed by atoms with E-state index in [0.29, 0.717) is 6.54 Å². The smallest absolute Gasteiger partial charge is 0.407 e. The lowest BCUT2D eigenvalue weighted by Crippen LogP contribution is -2.31. The number of allylic oxidation sites excluding steroid dienone is 2. The normalized spacial score (nSPS) is 20.3.